The van der Waals surface area contributed by atoms with E-state index in [1.165, 1.54) is 38.4 Å². The number of fused-ring (bicyclic) bond motifs is 3. The van der Waals surface area contributed by atoms with Crippen molar-refractivity contribution in [1.82, 2.24) is 4.98 Å². The summed E-state index contributed by atoms with van der Waals surface area (Å²) in [5.74, 6) is 1.90. The van der Waals surface area contributed by atoms with E-state index in [1.807, 2.05) is 41.5 Å². The predicted molar refractivity (Wildman–Crippen MR) is 232 cm³/mol. The molecule has 0 atom stereocenters. The first-order valence-corrected chi connectivity index (χ1v) is 20.7. The molecule has 3 heterocycles. The topological polar surface area (TPSA) is 63.3 Å². The van der Waals surface area contributed by atoms with Gasteiger partial charge in [0.1, 0.15) is 17.1 Å². The van der Waals surface area contributed by atoms with E-state index in [4.69, 9.17) is 9.40 Å². The van der Waals surface area contributed by atoms with Gasteiger partial charge in [0.2, 0.25) is 0 Å². The Morgan fingerprint density at radius 3 is 2.18 bits per heavy atom. The summed E-state index contributed by atoms with van der Waals surface area (Å²) >= 11 is 1.77. The van der Waals surface area contributed by atoms with Crippen LogP contribution in [0.1, 0.15) is 119 Å². The summed E-state index contributed by atoms with van der Waals surface area (Å²) in [5.41, 5.74) is 8.37. The number of carbonyl (C=O) groups is 1. The normalized spacial score (nSPS) is 12.6. The summed E-state index contributed by atoms with van der Waals surface area (Å²) in [6.45, 7) is 25.5. The summed E-state index contributed by atoms with van der Waals surface area (Å²) in [7, 11) is 0. The fourth-order valence-electron chi connectivity index (χ4n) is 6.92. The molecule has 4 nitrogen and oxygen atoms in total. The summed E-state index contributed by atoms with van der Waals surface area (Å²) in [4.78, 5) is 17.4. The zero-order valence-corrected chi connectivity index (χ0v) is 38.2. The number of benzene rings is 3. The Balaban J connectivity index is 0.000000320. The smallest absolute Gasteiger partial charge is 0.164 e. The van der Waals surface area contributed by atoms with Crippen LogP contribution in [0.4, 0.5) is 0 Å². The zero-order valence-electron chi connectivity index (χ0n) is 35.0. The average molecular weight is 935 g/mol. The number of hydrogen-bond acceptors (Lipinski definition) is 5. The fraction of sp³-hybridized carbons (Fsp3) is 0.429. The molecule has 0 aliphatic rings. The van der Waals surface area contributed by atoms with Gasteiger partial charge in [0.15, 0.2) is 5.78 Å². The van der Waals surface area contributed by atoms with Gasteiger partial charge in [-0.25, -0.2) is 0 Å². The second kappa shape index (κ2) is 17.7. The first-order chi connectivity index (χ1) is 25.5. The number of ketones is 1. The van der Waals surface area contributed by atoms with Crippen molar-refractivity contribution in [3.63, 3.8) is 0 Å². The molecule has 3 aromatic heterocycles. The van der Waals surface area contributed by atoms with E-state index >= 15 is 0 Å². The van der Waals surface area contributed by atoms with Gasteiger partial charge in [-0.2, -0.15) is 0 Å². The molecule has 0 aliphatic heterocycles. The van der Waals surface area contributed by atoms with Crippen molar-refractivity contribution < 1.29 is 34.4 Å². The molecule has 0 unspecified atom stereocenters. The van der Waals surface area contributed by atoms with Gasteiger partial charge >= 0.3 is 0 Å². The third-order valence-corrected chi connectivity index (χ3v) is 12.8. The maximum absolute atomic E-state index is 12.2. The average Bonchev–Trinajstić information content (AvgIpc) is 3.74. The largest absolute Gasteiger partial charge is 0.512 e. The number of pyridine rings is 1. The van der Waals surface area contributed by atoms with Gasteiger partial charge in [-0.3, -0.25) is 9.78 Å². The summed E-state index contributed by atoms with van der Waals surface area (Å²) in [6, 6.07) is 25.6. The van der Waals surface area contributed by atoms with Crippen LogP contribution in [0.15, 0.2) is 82.3 Å². The van der Waals surface area contributed by atoms with Gasteiger partial charge in [0.05, 0.1) is 10.2 Å². The standard InChI is InChI=1S/C34H32NOS.C15H28O2.Ir/c1-20(2)13-26-16-25-15-23(11-12-31(25)36-26)28-18-30(35-32-21(3)19-37-33(28)32)24-14-22-9-7-8-10-27(22)29(17-24)34(4,5)6;1-7-14(5,8-2)12(16)11-13(17)15(6,9-3)10-4;/h7-12,15-20H,13H2,1-6H3;11,16H,7-10H2,1-6H3;/q-1;;/b;12-11-;. The third kappa shape index (κ3) is 9.53. The van der Waals surface area contributed by atoms with Crippen LogP contribution in [-0.2, 0) is 36.7 Å². The fourth-order valence-corrected chi connectivity index (χ4v) is 7.94. The maximum atomic E-state index is 12.2. The summed E-state index contributed by atoms with van der Waals surface area (Å²) in [6.07, 6.45) is 5.70. The molecule has 55 heavy (non-hydrogen) atoms. The van der Waals surface area contributed by atoms with Crippen LogP contribution < -0.4 is 0 Å². The molecular weight excluding hydrogens is 875 g/mol. The van der Waals surface area contributed by atoms with Crippen molar-refractivity contribution in [3.05, 3.63) is 101 Å². The second-order valence-electron chi connectivity index (χ2n) is 17.0. The van der Waals surface area contributed by atoms with E-state index in [0.717, 1.165) is 71.0 Å². The maximum Gasteiger partial charge on any atom is 0.164 e. The molecular formula is C49H60IrNO3S-. The molecule has 0 aliphatic carbocycles. The van der Waals surface area contributed by atoms with E-state index in [0.29, 0.717) is 5.92 Å². The van der Waals surface area contributed by atoms with Crippen LogP contribution in [0.25, 0.3) is 54.3 Å². The van der Waals surface area contributed by atoms with Crippen LogP contribution in [0.3, 0.4) is 0 Å². The molecule has 0 saturated heterocycles. The Morgan fingerprint density at radius 2 is 1.56 bits per heavy atom. The number of rotatable bonds is 11. The molecule has 0 saturated carbocycles. The molecule has 1 radical (unpaired) electrons. The van der Waals surface area contributed by atoms with Crippen LogP contribution in [0, 0.1) is 29.7 Å². The number of hydrogen-bond donors (Lipinski definition) is 1. The number of aliphatic hydroxyl groups excluding tert-OH is 1. The second-order valence-corrected chi connectivity index (χ2v) is 17.9. The van der Waals surface area contributed by atoms with E-state index < -0.39 is 0 Å². The first-order valence-electron chi connectivity index (χ1n) is 19.8. The van der Waals surface area contributed by atoms with Gasteiger partial charge in [-0.05, 0) is 84.2 Å². The molecule has 6 heteroatoms. The molecule has 3 aromatic carbocycles. The van der Waals surface area contributed by atoms with Crippen molar-refractivity contribution in [3.8, 4) is 22.4 Å². The van der Waals surface area contributed by atoms with Crippen molar-refractivity contribution >= 4 is 49.1 Å². The third-order valence-electron chi connectivity index (χ3n) is 11.6. The minimum absolute atomic E-state index is 0. The van der Waals surface area contributed by atoms with Crippen LogP contribution in [0.5, 0.6) is 0 Å². The number of allylic oxidation sites excluding steroid dienone is 2. The van der Waals surface area contributed by atoms with Crippen molar-refractivity contribution in [1.29, 1.82) is 0 Å². The van der Waals surface area contributed by atoms with E-state index in [1.54, 1.807) is 11.3 Å². The molecule has 1 N–H and O–H groups in total. The first kappa shape index (κ1) is 44.1. The summed E-state index contributed by atoms with van der Waals surface area (Å²) < 4.78 is 7.35. The number of furan rings is 1. The SMILES string of the molecule is CCC(C)(CC)C(=O)/C=C(\O)C(C)(CC)CC.Cc1csc2c(-c3ccc4oc(CC(C)C)cc4c3)cc(-c3[c-]c4ccccc4c(C(C)(C)C)c3)nc12.[Ir]. The minimum atomic E-state index is -0.337. The number of aliphatic hydroxyl groups is 1. The van der Waals surface area contributed by atoms with Gasteiger partial charge < -0.3 is 9.52 Å². The van der Waals surface area contributed by atoms with Gasteiger partial charge in [0.25, 0.3) is 0 Å². The van der Waals surface area contributed by atoms with Crippen molar-refractivity contribution in [2.45, 2.75) is 121 Å². The van der Waals surface area contributed by atoms with Gasteiger partial charge in [-0.1, -0.05) is 117 Å². The van der Waals surface area contributed by atoms with Gasteiger partial charge in [-0.15, -0.1) is 40.5 Å². The van der Waals surface area contributed by atoms with Crippen LogP contribution in [0.2, 0.25) is 0 Å². The molecule has 6 aromatic rings. The molecule has 295 valence electrons. The number of aryl methyl sites for hydroxylation is 1. The number of aromatic nitrogens is 1. The van der Waals surface area contributed by atoms with Crippen molar-refractivity contribution in [2.24, 2.45) is 16.7 Å². The van der Waals surface area contributed by atoms with Crippen LogP contribution in [-0.4, -0.2) is 15.9 Å². The molecule has 0 fully saturated rings. The molecule has 6 rings (SSSR count). The van der Waals surface area contributed by atoms with Gasteiger partial charge in [0, 0.05) is 54.5 Å². The predicted octanol–water partition coefficient (Wildman–Crippen LogP) is 14.8. The Labute approximate surface area is 347 Å². The molecule has 0 spiro atoms. The van der Waals surface area contributed by atoms with Crippen LogP contribution >= 0.6 is 11.3 Å². The summed E-state index contributed by atoms with van der Waals surface area (Å²) in [5, 5.41) is 15.9. The zero-order chi connectivity index (χ0) is 39.6. The van der Waals surface area contributed by atoms with E-state index in [9.17, 15) is 9.90 Å². The number of thiophene rings is 1. The minimum Gasteiger partial charge on any atom is -0.512 e. The monoisotopic (exact) mass is 935 g/mol. The Morgan fingerprint density at radius 1 is 0.909 bits per heavy atom. The quantitative estimate of drug-likeness (QED) is 0.0799. The Kier molecular flexibility index (Phi) is 14.2. The number of nitrogens with zero attached hydrogens (tertiary/aromatic N) is 1. The number of carbonyl (C=O) groups excluding carboxylic acids is 1. The molecule has 0 bridgehead atoms. The van der Waals surface area contributed by atoms with E-state index in [2.05, 4.69) is 114 Å². The Bertz CT molecular complexity index is 2290. The van der Waals surface area contributed by atoms with E-state index in [-0.39, 0.29) is 47.9 Å². The van der Waals surface area contributed by atoms with Crippen molar-refractivity contribution in [2.75, 3.05) is 0 Å². The Hall–Kier alpha value is -3.57. The molecule has 0 amide bonds.